The largest absolute Gasteiger partial charge is 0.327 e. The Hall–Kier alpha value is -1.34. The number of amides is 1. The van der Waals surface area contributed by atoms with E-state index in [4.69, 9.17) is 5.73 Å². The summed E-state index contributed by atoms with van der Waals surface area (Å²) in [4.78, 5) is 20.7. The third kappa shape index (κ3) is 6.47. The maximum Gasteiger partial charge on any atom is 0.224 e. The van der Waals surface area contributed by atoms with Crippen LogP contribution in [0.4, 0.5) is 5.69 Å². The van der Waals surface area contributed by atoms with Gasteiger partial charge in [0.05, 0.1) is 0 Å². The van der Waals surface area contributed by atoms with Crippen molar-refractivity contribution in [3.05, 3.63) is 42.7 Å². The lowest BCUT2D eigenvalue weighted by Gasteiger charge is -2.14. The summed E-state index contributed by atoms with van der Waals surface area (Å²) in [6.07, 6.45) is 7.14. The first kappa shape index (κ1) is 21.7. The van der Waals surface area contributed by atoms with Crippen LogP contribution in [0.1, 0.15) is 25.7 Å². The van der Waals surface area contributed by atoms with E-state index < -0.39 is 0 Å². The summed E-state index contributed by atoms with van der Waals surface area (Å²) in [5, 5.41) is 4.63. The van der Waals surface area contributed by atoms with Crippen LogP contribution < -0.4 is 11.1 Å². The number of nitrogens with two attached hydrogens (primary N) is 1. The number of carbonyl (C=O) groups is 1. The molecule has 1 fully saturated rings. The van der Waals surface area contributed by atoms with Crippen molar-refractivity contribution in [2.45, 2.75) is 41.8 Å². The summed E-state index contributed by atoms with van der Waals surface area (Å²) in [6.45, 7) is 0. The number of nitrogens with zero attached hydrogens (tertiary/aromatic N) is 2. The molecule has 0 saturated heterocycles. The summed E-state index contributed by atoms with van der Waals surface area (Å²) in [5.74, 6) is 0.325. The molecule has 2 atom stereocenters. The zero-order valence-corrected chi connectivity index (χ0v) is 16.1. The van der Waals surface area contributed by atoms with Gasteiger partial charge in [-0.3, -0.25) is 4.79 Å². The number of rotatable bonds is 5. The highest BCUT2D eigenvalue weighted by Gasteiger charge is 2.26. The van der Waals surface area contributed by atoms with E-state index in [1.165, 1.54) is 11.8 Å². The van der Waals surface area contributed by atoms with Crippen molar-refractivity contribution in [3.63, 3.8) is 0 Å². The highest BCUT2D eigenvalue weighted by atomic mass is 35.5. The quantitative estimate of drug-likeness (QED) is 0.794. The van der Waals surface area contributed by atoms with Crippen LogP contribution in [-0.2, 0) is 4.79 Å². The molecule has 25 heavy (non-hydrogen) atoms. The second kappa shape index (κ2) is 10.6. The van der Waals surface area contributed by atoms with Crippen LogP contribution in [-0.4, -0.2) is 21.9 Å². The molecule has 0 unspecified atom stereocenters. The Labute approximate surface area is 164 Å². The van der Waals surface area contributed by atoms with Crippen LogP contribution in [0, 0.1) is 5.92 Å². The molecule has 2 aromatic rings. The van der Waals surface area contributed by atoms with Crippen molar-refractivity contribution in [2.75, 3.05) is 5.32 Å². The number of carbonyl (C=O) groups excluding carboxylic acids is 1. The van der Waals surface area contributed by atoms with E-state index in [-0.39, 0.29) is 36.8 Å². The molecule has 8 heteroatoms. The Balaban J connectivity index is 0.00000156. The zero-order valence-electron chi connectivity index (χ0n) is 13.6. The SMILES string of the molecule is Cl.Cl.N[C@@H]1CCC[C@H]1CC(=O)Nc1ccnc(Sc2ccccn2)c1. The molecule has 1 aliphatic carbocycles. The van der Waals surface area contributed by atoms with Gasteiger partial charge in [0.1, 0.15) is 10.1 Å². The molecular formula is C17H22Cl2N4OS. The molecule has 0 radical (unpaired) electrons. The first-order chi connectivity index (χ1) is 11.2. The fourth-order valence-electron chi connectivity index (χ4n) is 2.83. The van der Waals surface area contributed by atoms with E-state index in [0.29, 0.717) is 12.3 Å². The van der Waals surface area contributed by atoms with Crippen LogP contribution >= 0.6 is 36.6 Å². The number of halogens is 2. The number of nitrogens with one attached hydrogen (secondary N) is 1. The van der Waals surface area contributed by atoms with Crippen molar-refractivity contribution in [2.24, 2.45) is 11.7 Å². The lowest BCUT2D eigenvalue weighted by molar-refractivity contribution is -0.117. The van der Waals surface area contributed by atoms with Crippen LogP contribution in [0.5, 0.6) is 0 Å². The molecule has 0 aliphatic heterocycles. The molecule has 1 amide bonds. The minimum atomic E-state index is 0. The van der Waals surface area contributed by atoms with Crippen molar-refractivity contribution in [3.8, 4) is 0 Å². The van der Waals surface area contributed by atoms with E-state index in [9.17, 15) is 4.79 Å². The molecule has 3 rings (SSSR count). The van der Waals surface area contributed by atoms with Gasteiger partial charge >= 0.3 is 0 Å². The topological polar surface area (TPSA) is 80.9 Å². The van der Waals surface area contributed by atoms with E-state index in [0.717, 1.165) is 35.0 Å². The number of hydrogen-bond donors (Lipinski definition) is 2. The Kier molecular flexibility index (Phi) is 9.21. The highest BCUT2D eigenvalue weighted by molar-refractivity contribution is 7.99. The summed E-state index contributed by atoms with van der Waals surface area (Å²) in [6, 6.07) is 9.57. The Morgan fingerprint density at radius 1 is 1.16 bits per heavy atom. The monoisotopic (exact) mass is 400 g/mol. The van der Waals surface area contributed by atoms with Crippen molar-refractivity contribution >= 4 is 48.2 Å². The van der Waals surface area contributed by atoms with Crippen molar-refractivity contribution in [1.82, 2.24) is 9.97 Å². The van der Waals surface area contributed by atoms with E-state index in [1.54, 1.807) is 18.5 Å². The first-order valence-corrected chi connectivity index (χ1v) is 8.63. The standard InChI is InChI=1S/C17H20N4OS.2ClH/c18-14-5-3-4-12(14)10-15(22)21-13-7-9-20-17(11-13)23-16-6-1-2-8-19-16;;/h1-2,6-9,11-12,14H,3-5,10,18H2,(H,20,21,22);2*1H/t12-,14+;;/m0../s1. The number of pyridine rings is 2. The van der Waals surface area contributed by atoms with Gasteiger partial charge < -0.3 is 11.1 Å². The normalized spacial score (nSPS) is 18.8. The summed E-state index contributed by atoms with van der Waals surface area (Å²) >= 11 is 1.47. The minimum absolute atomic E-state index is 0. The number of anilines is 1. The lowest BCUT2D eigenvalue weighted by Crippen LogP contribution is -2.28. The molecule has 2 aromatic heterocycles. The second-order valence-corrected chi connectivity index (χ2v) is 6.80. The summed E-state index contributed by atoms with van der Waals surface area (Å²) in [5.41, 5.74) is 6.79. The van der Waals surface area contributed by atoms with Gasteiger partial charge in [0.2, 0.25) is 5.91 Å². The lowest BCUT2D eigenvalue weighted by atomic mass is 10.00. The molecule has 1 saturated carbocycles. The number of hydrogen-bond acceptors (Lipinski definition) is 5. The predicted octanol–water partition coefficient (Wildman–Crippen LogP) is 3.93. The number of aromatic nitrogens is 2. The van der Waals surface area contributed by atoms with Gasteiger partial charge in [-0.15, -0.1) is 24.8 Å². The van der Waals surface area contributed by atoms with Gasteiger partial charge in [-0.05, 0) is 43.0 Å². The van der Waals surface area contributed by atoms with Crippen LogP contribution in [0.15, 0.2) is 52.8 Å². The van der Waals surface area contributed by atoms with E-state index >= 15 is 0 Å². The fourth-order valence-corrected chi connectivity index (χ4v) is 3.60. The molecule has 0 spiro atoms. The van der Waals surface area contributed by atoms with Gasteiger partial charge in [-0.2, -0.15) is 0 Å². The highest BCUT2D eigenvalue weighted by Crippen LogP contribution is 2.28. The smallest absolute Gasteiger partial charge is 0.224 e. The Morgan fingerprint density at radius 2 is 1.96 bits per heavy atom. The van der Waals surface area contributed by atoms with Gasteiger partial charge in [0, 0.05) is 30.5 Å². The van der Waals surface area contributed by atoms with Gasteiger partial charge in [-0.1, -0.05) is 24.2 Å². The molecule has 5 nitrogen and oxygen atoms in total. The molecule has 3 N–H and O–H groups in total. The van der Waals surface area contributed by atoms with Crippen molar-refractivity contribution < 1.29 is 4.79 Å². The summed E-state index contributed by atoms with van der Waals surface area (Å²) < 4.78 is 0. The molecule has 0 aromatic carbocycles. The molecule has 136 valence electrons. The van der Waals surface area contributed by atoms with Crippen LogP contribution in [0.25, 0.3) is 0 Å². The van der Waals surface area contributed by atoms with Crippen LogP contribution in [0.3, 0.4) is 0 Å². The maximum atomic E-state index is 12.2. The predicted molar refractivity (Wildman–Crippen MR) is 106 cm³/mol. The Morgan fingerprint density at radius 3 is 2.64 bits per heavy atom. The molecule has 1 aliphatic rings. The molecule has 0 bridgehead atoms. The maximum absolute atomic E-state index is 12.2. The average molecular weight is 401 g/mol. The fraction of sp³-hybridized carbons (Fsp3) is 0.353. The van der Waals surface area contributed by atoms with Gasteiger partial charge in [0.25, 0.3) is 0 Å². The third-order valence-electron chi connectivity index (χ3n) is 4.03. The van der Waals surface area contributed by atoms with Crippen LogP contribution in [0.2, 0.25) is 0 Å². The zero-order chi connectivity index (χ0) is 16.1. The van der Waals surface area contributed by atoms with Crippen molar-refractivity contribution in [1.29, 1.82) is 0 Å². The second-order valence-electron chi connectivity index (χ2n) is 5.76. The Bertz CT molecular complexity index is 675. The van der Waals surface area contributed by atoms with Gasteiger partial charge in [0.15, 0.2) is 0 Å². The van der Waals surface area contributed by atoms with E-state index in [2.05, 4.69) is 15.3 Å². The molecular weight excluding hydrogens is 379 g/mol. The average Bonchev–Trinajstić information content (AvgIpc) is 2.93. The summed E-state index contributed by atoms with van der Waals surface area (Å²) in [7, 11) is 0. The first-order valence-electron chi connectivity index (χ1n) is 7.81. The van der Waals surface area contributed by atoms with Gasteiger partial charge in [-0.25, -0.2) is 9.97 Å². The van der Waals surface area contributed by atoms with E-state index in [1.807, 2.05) is 24.3 Å². The third-order valence-corrected chi connectivity index (χ3v) is 4.91. The minimum Gasteiger partial charge on any atom is -0.327 e. The molecule has 2 heterocycles.